The third kappa shape index (κ3) is 4.68. The van der Waals surface area contributed by atoms with E-state index in [1.165, 1.54) is 6.07 Å². The van der Waals surface area contributed by atoms with Crippen LogP contribution in [0.3, 0.4) is 0 Å². The van der Waals surface area contributed by atoms with E-state index in [0.717, 1.165) is 5.56 Å². The molecule has 5 atom stereocenters. The van der Waals surface area contributed by atoms with Gasteiger partial charge in [-0.3, -0.25) is 0 Å². The van der Waals surface area contributed by atoms with E-state index in [9.17, 15) is 30.0 Å². The predicted octanol–water partition coefficient (Wildman–Crippen LogP) is 0.280. The van der Waals surface area contributed by atoms with Crippen LogP contribution >= 0.6 is 0 Å². The summed E-state index contributed by atoms with van der Waals surface area (Å²) in [7, 11) is 0. The molecule has 1 saturated heterocycles. The number of benzene rings is 2. The fourth-order valence-electron chi connectivity index (χ4n) is 3.22. The summed E-state index contributed by atoms with van der Waals surface area (Å²) in [4.78, 5) is 24.0. The number of nitrogens with one attached hydrogen (secondary N) is 1. The summed E-state index contributed by atoms with van der Waals surface area (Å²) < 4.78 is 10.1. The number of rotatable bonds is 6. The maximum absolute atomic E-state index is 12.8. The van der Waals surface area contributed by atoms with Crippen LogP contribution in [-0.2, 0) is 20.9 Å². The largest absolute Gasteiger partial charge is 0.479 e. The number of aliphatic hydroxyl groups is 4. The predicted molar refractivity (Wildman–Crippen MR) is 107 cm³/mol. The molecule has 2 aromatic rings. The van der Waals surface area contributed by atoms with Gasteiger partial charge in [0.25, 0.3) is 0 Å². The van der Waals surface area contributed by atoms with Gasteiger partial charge in [0.05, 0.1) is 17.9 Å². The topological polar surface area (TPSA) is 166 Å². The molecule has 166 valence electrons. The Hall–Kier alpha value is -3.02. The number of ether oxygens (including phenoxy) is 2. The molecule has 6 N–H and O–H groups in total. The maximum Gasteiger partial charge on any atom is 0.342 e. The summed E-state index contributed by atoms with van der Waals surface area (Å²) in [5.41, 5.74) is 2.54. The second-order valence-electron chi connectivity index (χ2n) is 7.06. The van der Waals surface area contributed by atoms with E-state index >= 15 is 0 Å². The van der Waals surface area contributed by atoms with Crippen LogP contribution in [0.15, 0.2) is 42.5 Å². The Morgan fingerprint density at radius 2 is 1.68 bits per heavy atom. The molecule has 1 fully saturated rings. The minimum absolute atomic E-state index is 0.0552. The molecule has 0 aliphatic carbocycles. The van der Waals surface area contributed by atoms with Crippen molar-refractivity contribution in [1.29, 1.82) is 0 Å². The minimum Gasteiger partial charge on any atom is -0.479 e. The highest BCUT2D eigenvalue weighted by atomic mass is 16.7. The lowest BCUT2D eigenvalue weighted by molar-refractivity contribution is -0.278. The third-order valence-corrected chi connectivity index (χ3v) is 5.07. The van der Waals surface area contributed by atoms with Crippen LogP contribution in [0.5, 0.6) is 0 Å². The van der Waals surface area contributed by atoms with Crippen molar-refractivity contribution in [2.75, 3.05) is 5.32 Å². The van der Waals surface area contributed by atoms with E-state index in [0.29, 0.717) is 16.9 Å². The Kier molecular flexibility index (Phi) is 6.88. The normalized spacial score (nSPS) is 25.6. The Morgan fingerprint density at radius 3 is 2.35 bits per heavy atom. The van der Waals surface area contributed by atoms with Gasteiger partial charge in [0.2, 0.25) is 6.29 Å². The zero-order chi connectivity index (χ0) is 22.7. The molecule has 1 aliphatic heterocycles. The van der Waals surface area contributed by atoms with Crippen LogP contribution in [0.25, 0.3) is 0 Å². The molecule has 3 rings (SSSR count). The minimum atomic E-state index is -1.89. The SMILES string of the molecule is Cc1c(CO)cccc1Nc1ccccc1C(=O)O[C@H]1O[C@@H](C(=O)O)[C@H](O)[C@@H](O)[C@@H]1O. The molecule has 0 unspecified atom stereocenters. The molecular formula is C21H23NO9. The summed E-state index contributed by atoms with van der Waals surface area (Å²) in [5.74, 6) is -2.53. The number of carbonyl (C=O) groups excluding carboxylic acids is 1. The van der Waals surface area contributed by atoms with Gasteiger partial charge < -0.3 is 40.3 Å². The molecule has 1 heterocycles. The van der Waals surface area contributed by atoms with Crippen molar-refractivity contribution in [2.24, 2.45) is 0 Å². The fourth-order valence-corrected chi connectivity index (χ4v) is 3.22. The second kappa shape index (κ2) is 9.41. The molecule has 10 heteroatoms. The van der Waals surface area contributed by atoms with Gasteiger partial charge in [-0.1, -0.05) is 24.3 Å². The Labute approximate surface area is 177 Å². The zero-order valence-corrected chi connectivity index (χ0v) is 16.5. The molecule has 0 aromatic heterocycles. The lowest BCUT2D eigenvalue weighted by Gasteiger charge is -2.38. The summed E-state index contributed by atoms with van der Waals surface area (Å²) in [6.07, 6.45) is -9.31. The average molecular weight is 433 g/mol. The number of esters is 1. The van der Waals surface area contributed by atoms with Crippen molar-refractivity contribution in [2.45, 2.75) is 44.2 Å². The first-order valence-corrected chi connectivity index (χ1v) is 9.43. The van der Waals surface area contributed by atoms with Crippen molar-refractivity contribution in [3.05, 3.63) is 59.2 Å². The smallest absolute Gasteiger partial charge is 0.342 e. The monoisotopic (exact) mass is 433 g/mol. The van der Waals surface area contributed by atoms with Crippen LogP contribution in [0.1, 0.15) is 21.5 Å². The average Bonchev–Trinajstić information content (AvgIpc) is 2.75. The van der Waals surface area contributed by atoms with Crippen molar-refractivity contribution >= 4 is 23.3 Å². The van der Waals surface area contributed by atoms with Gasteiger partial charge in [0, 0.05) is 5.69 Å². The Balaban J connectivity index is 1.83. The highest BCUT2D eigenvalue weighted by molar-refractivity contribution is 5.96. The van der Waals surface area contributed by atoms with E-state index in [-0.39, 0.29) is 12.2 Å². The van der Waals surface area contributed by atoms with Crippen molar-refractivity contribution in [3.8, 4) is 0 Å². The molecule has 2 aromatic carbocycles. The van der Waals surface area contributed by atoms with Crippen LogP contribution in [-0.4, -0.2) is 68.2 Å². The molecular weight excluding hydrogens is 410 g/mol. The van der Waals surface area contributed by atoms with Gasteiger partial charge >= 0.3 is 11.9 Å². The van der Waals surface area contributed by atoms with E-state index in [2.05, 4.69) is 5.32 Å². The first kappa shape index (κ1) is 22.7. The number of carboxylic acids is 1. The Morgan fingerprint density at radius 1 is 1.00 bits per heavy atom. The summed E-state index contributed by atoms with van der Waals surface area (Å²) in [6, 6.07) is 11.6. The number of para-hydroxylation sites is 1. The fraction of sp³-hybridized carbons (Fsp3) is 0.333. The van der Waals surface area contributed by atoms with Gasteiger partial charge in [-0.2, -0.15) is 0 Å². The number of hydrogen-bond acceptors (Lipinski definition) is 9. The summed E-state index contributed by atoms with van der Waals surface area (Å²) in [5, 5.41) is 51.3. The summed E-state index contributed by atoms with van der Waals surface area (Å²) >= 11 is 0. The van der Waals surface area contributed by atoms with Crippen molar-refractivity contribution < 1.29 is 44.6 Å². The van der Waals surface area contributed by atoms with Crippen molar-refractivity contribution in [1.82, 2.24) is 0 Å². The third-order valence-electron chi connectivity index (χ3n) is 5.07. The van der Waals surface area contributed by atoms with Gasteiger partial charge in [0.1, 0.15) is 18.3 Å². The first-order chi connectivity index (χ1) is 14.7. The van der Waals surface area contributed by atoms with Gasteiger partial charge in [-0.25, -0.2) is 9.59 Å². The highest BCUT2D eigenvalue weighted by Gasteiger charge is 2.48. The van der Waals surface area contributed by atoms with E-state index < -0.39 is 42.6 Å². The van der Waals surface area contributed by atoms with Crippen molar-refractivity contribution in [3.63, 3.8) is 0 Å². The number of carboxylic acid groups (broad SMARTS) is 1. The lowest BCUT2D eigenvalue weighted by atomic mass is 9.99. The molecule has 31 heavy (non-hydrogen) atoms. The van der Waals surface area contributed by atoms with E-state index in [1.807, 2.05) is 0 Å². The molecule has 0 radical (unpaired) electrons. The number of hydrogen-bond donors (Lipinski definition) is 6. The number of anilines is 2. The number of aliphatic hydroxyl groups excluding tert-OH is 4. The van der Waals surface area contributed by atoms with Gasteiger partial charge in [0.15, 0.2) is 6.10 Å². The first-order valence-electron chi connectivity index (χ1n) is 9.43. The Bertz CT molecular complexity index is 964. The molecule has 0 spiro atoms. The molecule has 0 saturated carbocycles. The standard InChI is InChI=1S/C21H23NO9/c1-10-11(9-23)5-4-8-13(10)22-14-7-3-2-6-12(14)20(29)31-21-17(26)15(24)16(25)18(30-21)19(27)28/h2-8,15-18,21-26H,9H2,1H3,(H,27,28)/t15-,16-,17+,18-,21-/m1/s1. The van der Waals surface area contributed by atoms with Gasteiger partial charge in [-0.05, 0) is 36.2 Å². The second-order valence-corrected chi connectivity index (χ2v) is 7.06. The highest BCUT2D eigenvalue weighted by Crippen LogP contribution is 2.28. The molecule has 1 aliphatic rings. The van der Waals surface area contributed by atoms with Gasteiger partial charge in [-0.15, -0.1) is 0 Å². The lowest BCUT2D eigenvalue weighted by Crippen LogP contribution is -2.60. The summed E-state index contributed by atoms with van der Waals surface area (Å²) in [6.45, 7) is 1.65. The molecule has 0 amide bonds. The zero-order valence-electron chi connectivity index (χ0n) is 16.5. The van der Waals surface area contributed by atoms with E-state index in [1.54, 1.807) is 43.3 Å². The van der Waals surface area contributed by atoms with Crippen LogP contribution in [0, 0.1) is 6.92 Å². The quantitative estimate of drug-likeness (QED) is 0.348. The van der Waals surface area contributed by atoms with Crippen LogP contribution in [0.4, 0.5) is 11.4 Å². The number of carbonyl (C=O) groups is 2. The maximum atomic E-state index is 12.8. The molecule has 0 bridgehead atoms. The van der Waals surface area contributed by atoms with Crippen LogP contribution < -0.4 is 5.32 Å². The van der Waals surface area contributed by atoms with Crippen LogP contribution in [0.2, 0.25) is 0 Å². The van der Waals surface area contributed by atoms with E-state index in [4.69, 9.17) is 14.6 Å². The molecule has 10 nitrogen and oxygen atoms in total. The number of aliphatic carboxylic acids is 1.